The van der Waals surface area contributed by atoms with E-state index >= 15 is 0 Å². The van der Waals surface area contributed by atoms with E-state index in [9.17, 15) is 9.18 Å². The summed E-state index contributed by atoms with van der Waals surface area (Å²) >= 11 is 6.31. The van der Waals surface area contributed by atoms with Gasteiger partial charge in [0.2, 0.25) is 5.91 Å². The van der Waals surface area contributed by atoms with E-state index in [0.717, 1.165) is 17.7 Å². The molecule has 1 amide bonds. The van der Waals surface area contributed by atoms with Gasteiger partial charge in [-0.05, 0) is 42.7 Å². The largest absolute Gasteiger partial charge is 0.355 e. The van der Waals surface area contributed by atoms with Crippen molar-refractivity contribution < 1.29 is 9.18 Å². The molecule has 0 bridgehead atoms. The predicted molar refractivity (Wildman–Crippen MR) is 106 cm³/mol. The van der Waals surface area contributed by atoms with Crippen LogP contribution in [0, 0.1) is 5.82 Å². The molecule has 2 aromatic rings. The quantitative estimate of drug-likeness (QED) is 0.763. The van der Waals surface area contributed by atoms with Crippen molar-refractivity contribution in [3.8, 4) is 0 Å². The normalized spacial score (nSPS) is 20.0. The monoisotopic (exact) mass is 389 g/mol. The first-order chi connectivity index (χ1) is 13.1. The van der Waals surface area contributed by atoms with Crippen LogP contribution in [0.5, 0.6) is 0 Å². The number of hydrogen-bond acceptors (Lipinski definition) is 3. The third-order valence-corrected chi connectivity index (χ3v) is 5.24. The Morgan fingerprint density at radius 3 is 2.81 bits per heavy atom. The first-order valence-electron chi connectivity index (χ1n) is 9.29. The molecule has 1 heterocycles. The molecule has 144 valence electrons. The lowest BCUT2D eigenvalue weighted by Crippen LogP contribution is -2.42. The Hall–Kier alpha value is -1.95. The summed E-state index contributed by atoms with van der Waals surface area (Å²) in [5.74, 6) is -0.194. The third-order valence-electron chi connectivity index (χ3n) is 4.87. The second-order valence-corrected chi connectivity index (χ2v) is 7.28. The minimum absolute atomic E-state index is 0.0413. The van der Waals surface area contributed by atoms with Crippen LogP contribution in [0.1, 0.15) is 24.5 Å². The van der Waals surface area contributed by atoms with Crippen molar-refractivity contribution in [2.75, 3.05) is 13.1 Å². The van der Waals surface area contributed by atoms with E-state index in [2.05, 4.69) is 15.5 Å². The van der Waals surface area contributed by atoms with E-state index in [4.69, 9.17) is 11.6 Å². The van der Waals surface area contributed by atoms with E-state index in [0.29, 0.717) is 31.1 Å². The zero-order valence-corrected chi connectivity index (χ0v) is 16.2. The maximum absolute atomic E-state index is 13.4. The smallest absolute Gasteiger partial charge is 0.237 e. The van der Waals surface area contributed by atoms with E-state index in [1.807, 2.05) is 37.3 Å². The average molecular weight is 390 g/mol. The Morgan fingerprint density at radius 2 is 2.07 bits per heavy atom. The second kappa shape index (κ2) is 9.31. The summed E-state index contributed by atoms with van der Waals surface area (Å²) in [5.41, 5.74) is 1.91. The van der Waals surface area contributed by atoms with Crippen LogP contribution >= 0.6 is 11.6 Å². The Morgan fingerprint density at radius 1 is 1.26 bits per heavy atom. The van der Waals surface area contributed by atoms with Gasteiger partial charge in [0.1, 0.15) is 5.82 Å². The summed E-state index contributed by atoms with van der Waals surface area (Å²) in [6, 6.07) is 14.3. The number of nitrogens with one attached hydrogen (secondary N) is 2. The van der Waals surface area contributed by atoms with Crippen molar-refractivity contribution >= 4 is 17.5 Å². The van der Waals surface area contributed by atoms with Gasteiger partial charge < -0.3 is 10.6 Å². The summed E-state index contributed by atoms with van der Waals surface area (Å²) < 4.78 is 13.4. The zero-order valence-electron chi connectivity index (χ0n) is 15.4. The van der Waals surface area contributed by atoms with Crippen LogP contribution in [0.15, 0.2) is 48.5 Å². The molecule has 6 heteroatoms. The van der Waals surface area contributed by atoms with E-state index < -0.39 is 0 Å². The Labute approximate surface area is 164 Å². The minimum Gasteiger partial charge on any atom is -0.355 e. The average Bonchev–Trinajstić information content (AvgIpc) is 3.05. The van der Waals surface area contributed by atoms with Crippen LogP contribution in [-0.2, 0) is 17.9 Å². The highest BCUT2D eigenvalue weighted by molar-refractivity contribution is 6.31. The fourth-order valence-corrected chi connectivity index (χ4v) is 3.74. The van der Waals surface area contributed by atoms with E-state index in [1.165, 1.54) is 12.1 Å². The van der Waals surface area contributed by atoms with Crippen molar-refractivity contribution in [2.45, 2.75) is 38.5 Å². The van der Waals surface area contributed by atoms with Crippen LogP contribution in [0.4, 0.5) is 4.39 Å². The molecule has 1 fully saturated rings. The number of likely N-dealkylation sites (N-methyl/N-ethyl adjacent to an activating group) is 1. The van der Waals surface area contributed by atoms with Gasteiger partial charge >= 0.3 is 0 Å². The number of likely N-dealkylation sites (tertiary alicyclic amines) is 1. The summed E-state index contributed by atoms with van der Waals surface area (Å²) in [4.78, 5) is 14.7. The van der Waals surface area contributed by atoms with Crippen LogP contribution in [-0.4, -0.2) is 36.0 Å². The van der Waals surface area contributed by atoms with Crippen molar-refractivity contribution in [2.24, 2.45) is 0 Å². The Kier molecular flexibility index (Phi) is 6.83. The minimum atomic E-state index is -0.235. The first kappa shape index (κ1) is 19.8. The lowest BCUT2D eigenvalue weighted by molar-refractivity contribution is -0.125. The standard InChI is InChI=1S/C21H25ClFN3O/c1-2-24-21(27)20-11-18(25-12-15-6-5-8-17(23)10-15)14-26(20)13-16-7-3-4-9-19(16)22/h3-10,18,20,25H,2,11-14H2,1H3,(H,24,27)/t18-,20+/m1/s1. The molecule has 27 heavy (non-hydrogen) atoms. The number of nitrogens with zero attached hydrogens (tertiary/aromatic N) is 1. The molecular weight excluding hydrogens is 365 g/mol. The lowest BCUT2D eigenvalue weighted by atomic mass is 10.1. The fraction of sp³-hybridized carbons (Fsp3) is 0.381. The van der Waals surface area contributed by atoms with Gasteiger partial charge in [-0.2, -0.15) is 0 Å². The molecule has 0 radical (unpaired) electrons. The summed E-state index contributed by atoms with van der Waals surface area (Å²) in [6.45, 7) is 4.47. The number of carbonyl (C=O) groups is 1. The molecule has 0 spiro atoms. The van der Waals surface area contributed by atoms with Gasteiger partial charge in [-0.15, -0.1) is 0 Å². The zero-order chi connectivity index (χ0) is 19.2. The fourth-order valence-electron chi connectivity index (χ4n) is 3.55. The number of halogens is 2. The molecular formula is C21H25ClFN3O. The molecule has 0 aliphatic carbocycles. The summed E-state index contributed by atoms with van der Waals surface area (Å²) in [6.07, 6.45) is 0.714. The molecule has 1 saturated heterocycles. The van der Waals surface area contributed by atoms with Gasteiger partial charge in [0.25, 0.3) is 0 Å². The molecule has 1 aliphatic heterocycles. The number of amides is 1. The molecule has 2 aromatic carbocycles. The highest BCUT2D eigenvalue weighted by Crippen LogP contribution is 2.24. The van der Waals surface area contributed by atoms with Gasteiger partial charge in [-0.3, -0.25) is 9.69 Å². The lowest BCUT2D eigenvalue weighted by Gasteiger charge is -2.23. The second-order valence-electron chi connectivity index (χ2n) is 6.87. The molecule has 0 aromatic heterocycles. The SMILES string of the molecule is CCNC(=O)[C@@H]1C[C@@H](NCc2cccc(F)c2)CN1Cc1ccccc1Cl. The molecule has 2 N–H and O–H groups in total. The van der Waals surface area contributed by atoms with Crippen LogP contribution in [0.25, 0.3) is 0 Å². The molecule has 3 rings (SSSR count). The highest BCUT2D eigenvalue weighted by atomic mass is 35.5. The number of hydrogen-bond donors (Lipinski definition) is 2. The third kappa shape index (κ3) is 5.28. The van der Waals surface area contributed by atoms with Gasteiger partial charge in [0, 0.05) is 37.2 Å². The molecule has 0 saturated carbocycles. The number of benzene rings is 2. The van der Waals surface area contributed by atoms with Crippen LogP contribution < -0.4 is 10.6 Å². The van der Waals surface area contributed by atoms with Gasteiger partial charge in [-0.1, -0.05) is 41.9 Å². The molecule has 1 aliphatic rings. The number of rotatable bonds is 7. The Balaban J connectivity index is 1.67. The molecule has 0 unspecified atom stereocenters. The van der Waals surface area contributed by atoms with Crippen molar-refractivity contribution in [1.29, 1.82) is 0 Å². The maximum atomic E-state index is 13.4. The van der Waals surface area contributed by atoms with Crippen molar-refractivity contribution in [3.63, 3.8) is 0 Å². The Bertz CT molecular complexity index is 786. The van der Waals surface area contributed by atoms with Gasteiger partial charge in [-0.25, -0.2) is 4.39 Å². The number of carbonyl (C=O) groups excluding carboxylic acids is 1. The summed E-state index contributed by atoms with van der Waals surface area (Å²) in [5, 5.41) is 7.10. The van der Waals surface area contributed by atoms with Gasteiger partial charge in [0.15, 0.2) is 0 Å². The predicted octanol–water partition coefficient (Wildman–Crippen LogP) is 3.35. The van der Waals surface area contributed by atoms with Crippen molar-refractivity contribution in [1.82, 2.24) is 15.5 Å². The van der Waals surface area contributed by atoms with Crippen LogP contribution in [0.3, 0.4) is 0 Å². The van der Waals surface area contributed by atoms with Crippen molar-refractivity contribution in [3.05, 3.63) is 70.5 Å². The first-order valence-corrected chi connectivity index (χ1v) is 9.67. The maximum Gasteiger partial charge on any atom is 0.237 e. The molecule has 2 atom stereocenters. The van der Waals surface area contributed by atoms with E-state index in [-0.39, 0.29) is 23.8 Å². The summed E-state index contributed by atoms with van der Waals surface area (Å²) in [7, 11) is 0. The topological polar surface area (TPSA) is 44.4 Å². The molecule has 4 nitrogen and oxygen atoms in total. The van der Waals surface area contributed by atoms with Crippen LogP contribution in [0.2, 0.25) is 5.02 Å². The van der Waals surface area contributed by atoms with E-state index in [1.54, 1.807) is 6.07 Å². The highest BCUT2D eigenvalue weighted by Gasteiger charge is 2.36. The van der Waals surface area contributed by atoms with Gasteiger partial charge in [0.05, 0.1) is 6.04 Å².